The number of Topliss-reactive ketones (excluding diaryl/α,β-unsaturated/α-hetero) is 1. The van der Waals surface area contributed by atoms with Gasteiger partial charge in [-0.1, -0.05) is 17.3 Å². The van der Waals surface area contributed by atoms with E-state index in [1.807, 2.05) is 33.0 Å². The summed E-state index contributed by atoms with van der Waals surface area (Å²) in [4.78, 5) is 29.8. The second kappa shape index (κ2) is 8.76. The third kappa shape index (κ3) is 5.35. The highest BCUT2D eigenvalue weighted by Gasteiger charge is 2.39. The summed E-state index contributed by atoms with van der Waals surface area (Å²) in [5.74, 6) is -1.12. The maximum Gasteiger partial charge on any atom is 0.405 e. The van der Waals surface area contributed by atoms with E-state index in [1.165, 1.54) is 0 Å². The van der Waals surface area contributed by atoms with Gasteiger partial charge in [-0.05, 0) is 44.0 Å². The van der Waals surface area contributed by atoms with Gasteiger partial charge in [-0.25, -0.2) is 0 Å². The first-order valence-corrected chi connectivity index (χ1v) is 10.1. The van der Waals surface area contributed by atoms with Crippen LogP contribution in [0.2, 0.25) is 0 Å². The lowest BCUT2D eigenvalue weighted by atomic mass is 9.91. The van der Waals surface area contributed by atoms with Crippen molar-refractivity contribution in [2.75, 3.05) is 6.54 Å². The molecule has 1 aromatic heterocycles. The van der Waals surface area contributed by atoms with Crippen molar-refractivity contribution < 1.29 is 27.6 Å². The van der Waals surface area contributed by atoms with Gasteiger partial charge >= 0.3 is 6.18 Å². The molecule has 0 saturated heterocycles. The van der Waals surface area contributed by atoms with Crippen molar-refractivity contribution in [3.8, 4) is 0 Å². The van der Waals surface area contributed by atoms with Crippen molar-refractivity contribution in [3.05, 3.63) is 52.3 Å². The number of carbonyl (C=O) groups is 2. The number of aryl methyl sites for hydroxylation is 3. The number of nitrogens with one attached hydrogen (secondary N) is 1. The van der Waals surface area contributed by atoms with Gasteiger partial charge in [-0.2, -0.15) is 18.3 Å². The normalized spacial score (nSPS) is 18.3. The highest BCUT2D eigenvalue weighted by molar-refractivity contribution is 6.04. The van der Waals surface area contributed by atoms with Crippen molar-refractivity contribution in [1.29, 1.82) is 0 Å². The second-order valence-corrected chi connectivity index (χ2v) is 8.18. The third-order valence-corrected chi connectivity index (χ3v) is 5.33. The molecule has 7 nitrogen and oxygen atoms in total. The van der Waals surface area contributed by atoms with Crippen LogP contribution >= 0.6 is 0 Å². The van der Waals surface area contributed by atoms with Crippen LogP contribution in [0.25, 0.3) is 0 Å². The van der Waals surface area contributed by atoms with E-state index >= 15 is 0 Å². The molecule has 3 rings (SSSR count). The molecule has 2 aromatic rings. The van der Waals surface area contributed by atoms with Crippen LogP contribution in [-0.2, 0) is 22.3 Å². The lowest BCUT2D eigenvalue weighted by Crippen LogP contribution is -2.33. The largest absolute Gasteiger partial charge is 0.405 e. The van der Waals surface area contributed by atoms with Gasteiger partial charge in [0.1, 0.15) is 6.54 Å². The number of benzene rings is 1. The number of alkyl halides is 3. The molecule has 0 radical (unpaired) electrons. The highest BCUT2D eigenvalue weighted by atomic mass is 19.4. The smallest absolute Gasteiger partial charge is 0.382 e. The molecule has 10 heteroatoms. The van der Waals surface area contributed by atoms with Crippen LogP contribution in [0.5, 0.6) is 0 Å². The molecule has 1 aliphatic heterocycles. The number of amides is 1. The Kier molecular flexibility index (Phi) is 6.43. The van der Waals surface area contributed by atoms with Gasteiger partial charge in [0.15, 0.2) is 11.4 Å². The molecule has 1 aliphatic rings. The molecule has 1 aromatic carbocycles. The Morgan fingerprint density at radius 2 is 1.94 bits per heavy atom. The summed E-state index contributed by atoms with van der Waals surface area (Å²) in [7, 11) is 1.85. The fraction of sp³-hybridized carbons (Fsp3) is 0.455. The molecule has 1 N–H and O–H groups in total. The van der Waals surface area contributed by atoms with E-state index in [0.717, 1.165) is 22.7 Å². The number of ketones is 1. The standard InChI is InChI=1S/C22H25F3N4O3/c1-13-9-15(17-11-21(3,32-28-17)19-10-14(2)27-29(19)4)5-6-16(13)18(30)7-8-20(31)26-12-22(23,24)25/h5-6,9-10H,7-8,11-12H2,1-4H3,(H,26,31). The fourth-order valence-corrected chi connectivity index (χ4v) is 3.74. The number of rotatable bonds is 7. The highest BCUT2D eigenvalue weighted by Crippen LogP contribution is 2.36. The molecule has 1 unspecified atom stereocenters. The van der Waals surface area contributed by atoms with Crippen LogP contribution in [0, 0.1) is 13.8 Å². The monoisotopic (exact) mass is 450 g/mol. The zero-order chi connectivity index (χ0) is 23.7. The molecule has 1 atom stereocenters. The van der Waals surface area contributed by atoms with Crippen molar-refractivity contribution >= 4 is 17.4 Å². The summed E-state index contributed by atoms with van der Waals surface area (Å²) in [5.41, 5.74) is 3.78. The number of nitrogens with zero attached hydrogens (tertiary/aromatic N) is 3. The van der Waals surface area contributed by atoms with Gasteiger partial charge in [-0.15, -0.1) is 0 Å². The first kappa shape index (κ1) is 23.5. The summed E-state index contributed by atoms with van der Waals surface area (Å²) < 4.78 is 38.2. The maximum absolute atomic E-state index is 12.5. The summed E-state index contributed by atoms with van der Waals surface area (Å²) in [6.07, 6.45) is -4.44. The second-order valence-electron chi connectivity index (χ2n) is 8.18. The van der Waals surface area contributed by atoms with Crippen LogP contribution in [0.1, 0.15) is 59.1 Å². The number of hydrogen-bond donors (Lipinski definition) is 1. The first-order chi connectivity index (χ1) is 14.9. The van der Waals surface area contributed by atoms with Gasteiger partial charge in [0, 0.05) is 31.9 Å². The quantitative estimate of drug-likeness (QED) is 0.652. The van der Waals surface area contributed by atoms with Crippen LogP contribution in [0.15, 0.2) is 29.4 Å². The van der Waals surface area contributed by atoms with Crippen LogP contribution in [0.4, 0.5) is 13.2 Å². The topological polar surface area (TPSA) is 85.6 Å². The van der Waals surface area contributed by atoms with E-state index in [4.69, 9.17) is 4.84 Å². The Balaban J connectivity index is 1.63. The zero-order valence-electron chi connectivity index (χ0n) is 18.3. The lowest BCUT2D eigenvalue weighted by Gasteiger charge is -2.21. The van der Waals surface area contributed by atoms with E-state index in [1.54, 1.807) is 29.1 Å². The lowest BCUT2D eigenvalue weighted by molar-refractivity contribution is -0.138. The van der Waals surface area contributed by atoms with E-state index in [0.29, 0.717) is 17.5 Å². The van der Waals surface area contributed by atoms with E-state index < -0.39 is 24.2 Å². The van der Waals surface area contributed by atoms with Crippen molar-refractivity contribution in [1.82, 2.24) is 15.1 Å². The van der Waals surface area contributed by atoms with Gasteiger partial charge in [0.25, 0.3) is 0 Å². The van der Waals surface area contributed by atoms with Crippen LogP contribution in [-0.4, -0.2) is 39.9 Å². The predicted octanol–water partition coefficient (Wildman–Crippen LogP) is 3.72. The van der Waals surface area contributed by atoms with Crippen LogP contribution < -0.4 is 5.32 Å². The van der Waals surface area contributed by atoms with Crippen LogP contribution in [0.3, 0.4) is 0 Å². The molecule has 0 fully saturated rings. The number of carbonyl (C=O) groups excluding carboxylic acids is 2. The fourth-order valence-electron chi connectivity index (χ4n) is 3.74. The maximum atomic E-state index is 12.5. The Morgan fingerprint density at radius 3 is 2.53 bits per heavy atom. The molecule has 172 valence electrons. The summed E-state index contributed by atoms with van der Waals surface area (Å²) >= 11 is 0. The van der Waals surface area contributed by atoms with Gasteiger partial charge in [0.05, 0.1) is 17.1 Å². The minimum absolute atomic E-state index is 0.175. The Hall–Kier alpha value is -3.17. The summed E-state index contributed by atoms with van der Waals surface area (Å²) in [6, 6.07) is 7.18. The van der Waals surface area contributed by atoms with Gasteiger partial charge in [0.2, 0.25) is 5.91 Å². The van der Waals surface area contributed by atoms with Crippen molar-refractivity contribution in [3.63, 3.8) is 0 Å². The molecular weight excluding hydrogens is 425 g/mol. The molecule has 0 aliphatic carbocycles. The molecule has 0 saturated carbocycles. The molecule has 32 heavy (non-hydrogen) atoms. The molecule has 1 amide bonds. The van der Waals surface area contributed by atoms with Crippen molar-refractivity contribution in [2.45, 2.75) is 51.8 Å². The average Bonchev–Trinajstić information content (AvgIpc) is 3.26. The van der Waals surface area contributed by atoms with Gasteiger partial charge in [-0.3, -0.25) is 14.3 Å². The SMILES string of the molecule is Cc1cc(C2(C)CC(c3ccc(C(=O)CCC(=O)NCC(F)(F)F)c(C)c3)=NO2)n(C)n1. The number of hydrogen-bond acceptors (Lipinski definition) is 5. The molecule has 0 bridgehead atoms. The van der Waals surface area contributed by atoms with Gasteiger partial charge < -0.3 is 10.2 Å². The molecular formula is C22H25F3N4O3. The van der Waals surface area contributed by atoms with Crippen molar-refractivity contribution in [2.24, 2.45) is 12.2 Å². The Labute approximate surface area is 183 Å². The molecule has 2 heterocycles. The minimum Gasteiger partial charge on any atom is -0.382 e. The number of halogens is 3. The Morgan fingerprint density at radius 1 is 1.22 bits per heavy atom. The average molecular weight is 450 g/mol. The number of oxime groups is 1. The third-order valence-electron chi connectivity index (χ3n) is 5.33. The Bertz CT molecular complexity index is 1070. The van der Waals surface area contributed by atoms with E-state index in [9.17, 15) is 22.8 Å². The number of aromatic nitrogens is 2. The summed E-state index contributed by atoms with van der Waals surface area (Å²) in [5, 5.41) is 10.4. The predicted molar refractivity (Wildman–Crippen MR) is 111 cm³/mol. The minimum atomic E-state index is -4.48. The summed E-state index contributed by atoms with van der Waals surface area (Å²) in [6.45, 7) is 4.20. The first-order valence-electron chi connectivity index (χ1n) is 10.1. The van der Waals surface area contributed by atoms with E-state index in [2.05, 4.69) is 10.3 Å². The van der Waals surface area contributed by atoms with E-state index in [-0.39, 0.29) is 18.6 Å². The zero-order valence-corrected chi connectivity index (χ0v) is 18.3. The molecule has 0 spiro atoms.